The highest BCUT2D eigenvalue weighted by Gasteiger charge is 2.54. The Balaban J connectivity index is 1.91. The summed E-state index contributed by atoms with van der Waals surface area (Å²) in [5.41, 5.74) is -0.0231. The van der Waals surface area contributed by atoms with Crippen LogP contribution in [0.25, 0.3) is 0 Å². The number of halogens is 1. The number of hydrogen-bond acceptors (Lipinski definition) is 2. The van der Waals surface area contributed by atoms with E-state index in [0.717, 1.165) is 36.6 Å². The van der Waals surface area contributed by atoms with E-state index in [4.69, 9.17) is 0 Å². The minimum absolute atomic E-state index is 0.133. The third-order valence-electron chi connectivity index (χ3n) is 6.16. The molecule has 5 atom stereocenters. The van der Waals surface area contributed by atoms with Crippen molar-refractivity contribution in [3.8, 4) is 0 Å². The van der Waals surface area contributed by atoms with Gasteiger partial charge in [-0.1, -0.05) is 35.0 Å². The van der Waals surface area contributed by atoms with Gasteiger partial charge in [-0.2, -0.15) is 0 Å². The van der Waals surface area contributed by atoms with Crippen LogP contribution in [0.2, 0.25) is 0 Å². The van der Waals surface area contributed by atoms with Crippen molar-refractivity contribution in [2.45, 2.75) is 63.6 Å². The van der Waals surface area contributed by atoms with Crippen molar-refractivity contribution < 1.29 is 10.2 Å². The average molecular weight is 367 g/mol. The van der Waals surface area contributed by atoms with Crippen molar-refractivity contribution in [2.75, 3.05) is 0 Å². The van der Waals surface area contributed by atoms with Gasteiger partial charge >= 0.3 is 0 Å². The molecular formula is C19H27BrO2. The first-order valence-electron chi connectivity index (χ1n) is 8.50. The van der Waals surface area contributed by atoms with Gasteiger partial charge in [-0.3, -0.25) is 0 Å². The summed E-state index contributed by atoms with van der Waals surface area (Å²) in [6.45, 7) is 4.13. The Labute approximate surface area is 142 Å². The lowest BCUT2D eigenvalue weighted by Crippen LogP contribution is -2.47. The Hall–Kier alpha value is -0.380. The lowest BCUT2D eigenvalue weighted by Gasteiger charge is -2.41. The van der Waals surface area contributed by atoms with Crippen molar-refractivity contribution >= 4 is 15.9 Å². The first-order chi connectivity index (χ1) is 10.3. The quantitative estimate of drug-likeness (QED) is 0.817. The Morgan fingerprint density at radius 1 is 1.14 bits per heavy atom. The summed E-state index contributed by atoms with van der Waals surface area (Å²) in [7, 11) is 0. The van der Waals surface area contributed by atoms with Crippen LogP contribution in [0.5, 0.6) is 0 Å². The van der Waals surface area contributed by atoms with Gasteiger partial charge < -0.3 is 10.2 Å². The predicted molar refractivity (Wildman–Crippen MR) is 92.6 cm³/mol. The van der Waals surface area contributed by atoms with Crippen LogP contribution in [0.4, 0.5) is 0 Å². The van der Waals surface area contributed by atoms with Gasteiger partial charge in [-0.15, -0.1) is 0 Å². The fourth-order valence-corrected chi connectivity index (χ4v) is 5.11. The van der Waals surface area contributed by atoms with Gasteiger partial charge in [0, 0.05) is 4.47 Å². The monoisotopic (exact) mass is 366 g/mol. The summed E-state index contributed by atoms with van der Waals surface area (Å²) in [6, 6.07) is 8.37. The normalized spacial score (nSPS) is 42.0. The molecule has 2 saturated carbocycles. The van der Waals surface area contributed by atoms with Crippen molar-refractivity contribution in [3.05, 3.63) is 34.3 Å². The summed E-state index contributed by atoms with van der Waals surface area (Å²) in [6.07, 6.45) is 5.51. The largest absolute Gasteiger partial charge is 0.390 e. The Morgan fingerprint density at radius 3 is 2.50 bits per heavy atom. The van der Waals surface area contributed by atoms with Gasteiger partial charge in [0.05, 0.1) is 11.2 Å². The Kier molecular flexibility index (Phi) is 4.43. The smallest absolute Gasteiger partial charge is 0.0733 e. The van der Waals surface area contributed by atoms with Crippen LogP contribution >= 0.6 is 15.9 Å². The van der Waals surface area contributed by atoms with E-state index >= 15 is 0 Å². The molecule has 122 valence electrons. The molecule has 3 rings (SSSR count). The molecular weight excluding hydrogens is 340 g/mol. The van der Waals surface area contributed by atoms with Crippen LogP contribution in [-0.4, -0.2) is 21.4 Å². The maximum absolute atomic E-state index is 11.5. The van der Waals surface area contributed by atoms with E-state index < -0.39 is 11.2 Å². The summed E-state index contributed by atoms with van der Waals surface area (Å²) in [5.74, 6) is 0.803. The maximum atomic E-state index is 11.5. The van der Waals surface area contributed by atoms with Crippen LogP contribution in [0, 0.1) is 17.8 Å². The van der Waals surface area contributed by atoms with E-state index in [0.29, 0.717) is 18.3 Å². The van der Waals surface area contributed by atoms with Crippen molar-refractivity contribution in [1.82, 2.24) is 0 Å². The van der Waals surface area contributed by atoms with E-state index in [1.807, 2.05) is 6.92 Å². The molecule has 0 spiro atoms. The van der Waals surface area contributed by atoms with Gasteiger partial charge in [0.15, 0.2) is 0 Å². The predicted octanol–water partition coefficient (Wildman–Crippen LogP) is 4.32. The molecule has 0 aliphatic heterocycles. The molecule has 22 heavy (non-hydrogen) atoms. The highest BCUT2D eigenvalue weighted by molar-refractivity contribution is 9.10. The number of rotatable bonds is 2. The third kappa shape index (κ3) is 3.00. The van der Waals surface area contributed by atoms with E-state index in [-0.39, 0.29) is 5.92 Å². The lowest BCUT2D eigenvalue weighted by molar-refractivity contribution is -0.0893. The summed E-state index contributed by atoms with van der Waals surface area (Å²) in [5, 5.41) is 22.2. The van der Waals surface area contributed by atoms with E-state index in [9.17, 15) is 10.2 Å². The molecule has 0 radical (unpaired) electrons. The minimum atomic E-state index is -0.653. The van der Waals surface area contributed by atoms with E-state index in [1.54, 1.807) is 0 Å². The fourth-order valence-electron chi connectivity index (χ4n) is 4.85. The highest BCUT2D eigenvalue weighted by atomic mass is 79.9. The van der Waals surface area contributed by atoms with Gasteiger partial charge in [-0.05, 0) is 80.9 Å². The van der Waals surface area contributed by atoms with Gasteiger partial charge in [0.2, 0.25) is 0 Å². The van der Waals surface area contributed by atoms with E-state index in [2.05, 4.69) is 47.1 Å². The number of aliphatic hydroxyl groups is 2. The lowest BCUT2D eigenvalue weighted by atomic mass is 9.70. The molecule has 0 heterocycles. The first kappa shape index (κ1) is 16.5. The molecule has 2 aliphatic carbocycles. The number of benzene rings is 1. The third-order valence-corrected chi connectivity index (χ3v) is 6.69. The molecule has 1 aromatic rings. The first-order valence-corrected chi connectivity index (χ1v) is 9.30. The average Bonchev–Trinajstić information content (AvgIpc) is 2.70. The molecule has 2 N–H and O–H groups in total. The SMILES string of the molecule is C[C@@H]1CC[C@H]2CC[C@](C)(O)C[C@@H](Cc3ccc(Br)cc3)[C@@]21O. The zero-order valence-electron chi connectivity index (χ0n) is 13.6. The second kappa shape index (κ2) is 5.92. The van der Waals surface area contributed by atoms with Crippen LogP contribution in [0.15, 0.2) is 28.7 Å². The van der Waals surface area contributed by atoms with Crippen LogP contribution < -0.4 is 0 Å². The van der Waals surface area contributed by atoms with Crippen LogP contribution in [0.1, 0.15) is 51.5 Å². The summed E-state index contributed by atoms with van der Waals surface area (Å²) < 4.78 is 1.08. The van der Waals surface area contributed by atoms with Gasteiger partial charge in [0.25, 0.3) is 0 Å². The van der Waals surface area contributed by atoms with Crippen LogP contribution in [-0.2, 0) is 6.42 Å². The molecule has 2 aliphatic rings. The molecule has 1 aromatic carbocycles. The van der Waals surface area contributed by atoms with Gasteiger partial charge in [0.1, 0.15) is 0 Å². The highest BCUT2D eigenvalue weighted by Crippen LogP contribution is 2.53. The van der Waals surface area contributed by atoms with E-state index in [1.165, 1.54) is 5.56 Å². The zero-order valence-corrected chi connectivity index (χ0v) is 15.1. The number of fused-ring (bicyclic) bond motifs is 1. The summed E-state index contributed by atoms with van der Waals surface area (Å²) in [4.78, 5) is 0. The summed E-state index contributed by atoms with van der Waals surface area (Å²) >= 11 is 3.48. The molecule has 0 aromatic heterocycles. The van der Waals surface area contributed by atoms with Crippen molar-refractivity contribution in [2.24, 2.45) is 17.8 Å². The fraction of sp³-hybridized carbons (Fsp3) is 0.684. The topological polar surface area (TPSA) is 40.5 Å². The van der Waals surface area contributed by atoms with Gasteiger partial charge in [-0.25, -0.2) is 0 Å². The standard InChI is InChI=1S/C19H27BrO2/c1-13-3-6-15-9-10-18(2,21)12-16(19(13,15)22)11-14-4-7-17(20)8-5-14/h4-5,7-8,13,15-16,21-22H,3,6,9-12H2,1-2H3/t13-,15+,16-,18+,19+/m1/s1. The second-order valence-corrected chi connectivity index (χ2v) is 8.75. The minimum Gasteiger partial charge on any atom is -0.390 e. The maximum Gasteiger partial charge on any atom is 0.0733 e. The van der Waals surface area contributed by atoms with Crippen molar-refractivity contribution in [1.29, 1.82) is 0 Å². The van der Waals surface area contributed by atoms with Crippen LogP contribution in [0.3, 0.4) is 0 Å². The van der Waals surface area contributed by atoms with Crippen molar-refractivity contribution in [3.63, 3.8) is 0 Å². The molecule has 2 fully saturated rings. The Morgan fingerprint density at radius 2 is 1.82 bits per heavy atom. The molecule has 2 nitrogen and oxygen atoms in total. The zero-order chi connectivity index (χ0) is 16.0. The second-order valence-electron chi connectivity index (χ2n) is 7.83. The molecule has 3 heteroatoms. The number of hydrogen-bond donors (Lipinski definition) is 2. The Bertz CT molecular complexity index is 525. The molecule has 0 bridgehead atoms. The molecule has 0 saturated heterocycles. The molecule has 0 amide bonds. The molecule has 0 unspecified atom stereocenters.